The largest absolute Gasteiger partial charge is 0.507 e. The highest BCUT2D eigenvalue weighted by atomic mass is 19.4. The number of rotatable bonds is 3. The number of hydrogen-bond donors (Lipinski definition) is 1. The second kappa shape index (κ2) is 6.77. The SMILES string of the molecule is C/C(C(=O)c1ccnc(C(F)(F)F)c1)=C(/O)c1ccnc(C(F)(F)F)c1. The molecule has 0 fully saturated rings. The minimum absolute atomic E-state index is 0.344. The first-order valence-corrected chi connectivity index (χ1v) is 6.92. The fourth-order valence-electron chi connectivity index (χ4n) is 2.00. The predicted octanol–water partition coefficient (Wildman–Crippen LogP) is 4.69. The Kier molecular flexibility index (Phi) is 5.06. The van der Waals surface area contributed by atoms with Gasteiger partial charge in [-0.2, -0.15) is 26.3 Å². The molecule has 0 bridgehead atoms. The van der Waals surface area contributed by atoms with Gasteiger partial charge in [-0.05, 0) is 31.2 Å². The zero-order valence-electron chi connectivity index (χ0n) is 13.0. The molecule has 0 spiro atoms. The van der Waals surface area contributed by atoms with E-state index in [1.54, 1.807) is 0 Å². The summed E-state index contributed by atoms with van der Waals surface area (Å²) in [5.74, 6) is -1.78. The first kappa shape index (κ1) is 19.4. The Morgan fingerprint density at radius 3 is 1.77 bits per heavy atom. The molecule has 0 saturated heterocycles. The second-order valence-electron chi connectivity index (χ2n) is 5.16. The fraction of sp³-hybridized carbons (Fsp3) is 0.188. The molecule has 10 heteroatoms. The van der Waals surface area contributed by atoms with Crippen molar-refractivity contribution in [2.45, 2.75) is 19.3 Å². The topological polar surface area (TPSA) is 63.1 Å². The van der Waals surface area contributed by atoms with E-state index in [0.29, 0.717) is 12.1 Å². The van der Waals surface area contributed by atoms with E-state index >= 15 is 0 Å². The van der Waals surface area contributed by atoms with Crippen LogP contribution in [0.25, 0.3) is 5.76 Å². The van der Waals surface area contributed by atoms with E-state index in [9.17, 15) is 36.2 Å². The van der Waals surface area contributed by atoms with Crippen molar-refractivity contribution >= 4 is 11.5 Å². The highest BCUT2D eigenvalue weighted by Gasteiger charge is 2.34. The monoisotopic (exact) mass is 376 g/mol. The number of pyridine rings is 2. The molecule has 2 aromatic rings. The van der Waals surface area contributed by atoms with Gasteiger partial charge >= 0.3 is 12.4 Å². The molecule has 0 atom stereocenters. The molecular formula is C16H10F6N2O2. The molecule has 0 aliphatic heterocycles. The van der Waals surface area contributed by atoms with Crippen molar-refractivity contribution < 1.29 is 36.2 Å². The number of halogens is 6. The van der Waals surface area contributed by atoms with Crippen LogP contribution in [0.2, 0.25) is 0 Å². The van der Waals surface area contributed by atoms with Gasteiger partial charge in [-0.25, -0.2) is 0 Å². The van der Waals surface area contributed by atoms with Crippen LogP contribution in [0, 0.1) is 0 Å². The number of Topliss-reactive ketones (excluding diaryl/α,β-unsaturated/α-hetero) is 1. The molecule has 138 valence electrons. The summed E-state index contributed by atoms with van der Waals surface area (Å²) in [5.41, 5.74) is -3.78. The van der Waals surface area contributed by atoms with Gasteiger partial charge in [-0.1, -0.05) is 0 Å². The van der Waals surface area contributed by atoms with Gasteiger partial charge in [0.1, 0.15) is 17.1 Å². The third kappa shape index (κ3) is 4.19. The van der Waals surface area contributed by atoms with E-state index in [2.05, 4.69) is 9.97 Å². The number of aliphatic hydroxyl groups excluding tert-OH is 1. The summed E-state index contributed by atoms with van der Waals surface area (Å²) in [6.07, 6.45) is -7.97. The average Bonchev–Trinajstić information content (AvgIpc) is 2.58. The standard InChI is InChI=1S/C16H10F6N2O2/c1-8(13(25)9-2-4-23-11(6-9)15(17,18)19)14(26)10-3-5-24-12(7-10)16(20,21)22/h2-7,25H,1H3/b13-8-. The summed E-state index contributed by atoms with van der Waals surface area (Å²) in [5, 5.41) is 10.1. The van der Waals surface area contributed by atoms with Gasteiger partial charge in [0.25, 0.3) is 0 Å². The maximum Gasteiger partial charge on any atom is 0.433 e. The lowest BCUT2D eigenvalue weighted by Crippen LogP contribution is -2.11. The maximum atomic E-state index is 12.7. The van der Waals surface area contributed by atoms with Gasteiger partial charge in [0.05, 0.1) is 0 Å². The van der Waals surface area contributed by atoms with Crippen molar-refractivity contribution in [2.75, 3.05) is 0 Å². The number of aliphatic hydroxyl groups is 1. The number of carbonyl (C=O) groups is 1. The summed E-state index contributed by atoms with van der Waals surface area (Å²) in [6.45, 7) is 1.08. The molecule has 2 heterocycles. The molecule has 0 unspecified atom stereocenters. The lowest BCUT2D eigenvalue weighted by atomic mass is 10.0. The molecule has 2 aromatic heterocycles. The Morgan fingerprint density at radius 2 is 1.31 bits per heavy atom. The molecule has 1 N–H and O–H groups in total. The lowest BCUT2D eigenvalue weighted by Gasteiger charge is -2.10. The van der Waals surface area contributed by atoms with Crippen LogP contribution in [0.4, 0.5) is 26.3 Å². The van der Waals surface area contributed by atoms with Crippen LogP contribution in [0.3, 0.4) is 0 Å². The van der Waals surface area contributed by atoms with Crippen LogP contribution >= 0.6 is 0 Å². The van der Waals surface area contributed by atoms with Gasteiger partial charge in [-0.3, -0.25) is 14.8 Å². The Hall–Kier alpha value is -2.91. The molecule has 0 amide bonds. The maximum absolute atomic E-state index is 12.7. The van der Waals surface area contributed by atoms with E-state index < -0.39 is 46.4 Å². The van der Waals surface area contributed by atoms with Gasteiger partial charge in [-0.15, -0.1) is 0 Å². The van der Waals surface area contributed by atoms with E-state index in [0.717, 1.165) is 31.5 Å². The average molecular weight is 376 g/mol. The second-order valence-corrected chi connectivity index (χ2v) is 5.16. The van der Waals surface area contributed by atoms with E-state index in [-0.39, 0.29) is 5.56 Å². The number of ketones is 1. The van der Waals surface area contributed by atoms with Crippen LogP contribution < -0.4 is 0 Å². The molecule has 2 rings (SSSR count). The van der Waals surface area contributed by atoms with E-state index in [4.69, 9.17) is 0 Å². The molecule has 0 aliphatic carbocycles. The molecule has 0 radical (unpaired) electrons. The zero-order chi connectivity index (χ0) is 19.7. The van der Waals surface area contributed by atoms with Gasteiger partial charge in [0.2, 0.25) is 0 Å². The molecule has 26 heavy (non-hydrogen) atoms. The van der Waals surface area contributed by atoms with Crippen LogP contribution in [0.15, 0.2) is 42.2 Å². The number of carbonyl (C=O) groups excluding carboxylic acids is 1. The molecular weight excluding hydrogens is 366 g/mol. The quantitative estimate of drug-likeness (QED) is 0.366. The Balaban J connectivity index is 2.44. The highest BCUT2D eigenvalue weighted by Crippen LogP contribution is 2.31. The molecule has 4 nitrogen and oxygen atoms in total. The van der Waals surface area contributed by atoms with E-state index in [1.807, 2.05) is 0 Å². The number of nitrogens with zero attached hydrogens (tertiary/aromatic N) is 2. The van der Waals surface area contributed by atoms with Crippen molar-refractivity contribution in [3.63, 3.8) is 0 Å². The van der Waals surface area contributed by atoms with Crippen LogP contribution in [0.1, 0.15) is 34.2 Å². The highest BCUT2D eigenvalue weighted by molar-refractivity contribution is 6.11. The van der Waals surface area contributed by atoms with Crippen LogP contribution in [0.5, 0.6) is 0 Å². The summed E-state index contributed by atoms with van der Waals surface area (Å²) >= 11 is 0. The minimum atomic E-state index is -4.78. The minimum Gasteiger partial charge on any atom is -0.507 e. The van der Waals surface area contributed by atoms with Crippen molar-refractivity contribution in [3.8, 4) is 0 Å². The summed E-state index contributed by atoms with van der Waals surface area (Å²) in [4.78, 5) is 18.5. The predicted molar refractivity (Wildman–Crippen MR) is 78.0 cm³/mol. The normalized spacial score (nSPS) is 13.3. The summed E-state index contributed by atoms with van der Waals surface area (Å²) in [6, 6.07) is 3.06. The first-order chi connectivity index (χ1) is 11.9. The number of allylic oxidation sites excluding steroid dienone is 1. The van der Waals surface area contributed by atoms with Gasteiger partial charge < -0.3 is 5.11 Å². The Bertz CT molecular complexity index is 872. The fourth-order valence-corrected chi connectivity index (χ4v) is 2.00. The smallest absolute Gasteiger partial charge is 0.433 e. The van der Waals surface area contributed by atoms with Crippen molar-refractivity contribution in [3.05, 3.63) is 64.7 Å². The zero-order valence-corrected chi connectivity index (χ0v) is 13.0. The first-order valence-electron chi connectivity index (χ1n) is 6.92. The number of aromatic nitrogens is 2. The number of hydrogen-bond acceptors (Lipinski definition) is 4. The van der Waals surface area contributed by atoms with Gasteiger partial charge in [0.15, 0.2) is 5.78 Å². The van der Waals surface area contributed by atoms with Crippen molar-refractivity contribution in [1.82, 2.24) is 9.97 Å². The molecule has 0 aliphatic rings. The lowest BCUT2D eigenvalue weighted by molar-refractivity contribution is -0.142. The van der Waals surface area contributed by atoms with E-state index in [1.165, 1.54) is 0 Å². The van der Waals surface area contributed by atoms with Crippen LogP contribution in [-0.2, 0) is 12.4 Å². The van der Waals surface area contributed by atoms with Gasteiger partial charge in [0, 0.05) is 29.1 Å². The summed E-state index contributed by atoms with van der Waals surface area (Å²) < 4.78 is 76.0. The van der Waals surface area contributed by atoms with Crippen molar-refractivity contribution in [2.24, 2.45) is 0 Å². The van der Waals surface area contributed by atoms with Crippen molar-refractivity contribution in [1.29, 1.82) is 0 Å². The molecule has 0 saturated carbocycles. The summed E-state index contributed by atoms with van der Waals surface area (Å²) in [7, 11) is 0. The Morgan fingerprint density at radius 1 is 0.885 bits per heavy atom. The van der Waals surface area contributed by atoms with Crippen LogP contribution in [-0.4, -0.2) is 20.9 Å². The third-order valence-electron chi connectivity index (χ3n) is 3.33. The molecule has 0 aromatic carbocycles. The number of alkyl halides is 6. The Labute approximate surface area is 142 Å². The third-order valence-corrected chi connectivity index (χ3v) is 3.33.